The van der Waals surface area contributed by atoms with E-state index in [1.54, 1.807) is 7.05 Å². The Morgan fingerprint density at radius 3 is 1.65 bits per heavy atom. The van der Waals surface area contributed by atoms with E-state index in [2.05, 4.69) is 12.2 Å². The lowest BCUT2D eigenvalue weighted by Crippen LogP contribution is -2.30. The van der Waals surface area contributed by atoms with E-state index >= 15 is 0 Å². The molecule has 0 aromatic rings. The predicted molar refractivity (Wildman–Crippen MR) is 80.0 cm³/mol. The third-order valence-corrected chi connectivity index (χ3v) is 3.79. The topological polar surface area (TPSA) is 12.0 Å². The Hall–Kier alpha value is -0.250. The van der Waals surface area contributed by atoms with Gasteiger partial charge in [-0.2, -0.15) is 13.2 Å². The summed E-state index contributed by atoms with van der Waals surface area (Å²) in [4.78, 5) is 0. The molecular weight excluding hydrogens is 263 g/mol. The minimum Gasteiger partial charge on any atom is -0.317 e. The van der Waals surface area contributed by atoms with E-state index in [1.165, 1.54) is 44.9 Å². The smallest absolute Gasteiger partial charge is 0.317 e. The molecule has 0 saturated carbocycles. The Morgan fingerprint density at radius 1 is 0.800 bits per heavy atom. The molecule has 0 aromatic carbocycles. The van der Waals surface area contributed by atoms with Crippen LogP contribution in [-0.2, 0) is 0 Å². The van der Waals surface area contributed by atoms with E-state index in [0.29, 0.717) is 6.42 Å². The molecule has 0 rings (SSSR count). The summed E-state index contributed by atoms with van der Waals surface area (Å²) >= 11 is 0. The summed E-state index contributed by atoms with van der Waals surface area (Å²) in [6.45, 7) is 2.22. The molecule has 20 heavy (non-hydrogen) atoms. The molecule has 0 aliphatic rings. The van der Waals surface area contributed by atoms with E-state index in [1.807, 2.05) is 0 Å². The van der Waals surface area contributed by atoms with E-state index in [0.717, 1.165) is 19.3 Å². The predicted octanol–water partition coefficient (Wildman–Crippen LogP) is 5.84. The van der Waals surface area contributed by atoms with E-state index < -0.39 is 18.6 Å². The molecule has 0 saturated heterocycles. The average molecular weight is 295 g/mol. The Morgan fingerprint density at radius 2 is 1.25 bits per heavy atom. The summed E-state index contributed by atoms with van der Waals surface area (Å²) in [5.41, 5.74) is 0. The highest BCUT2D eigenvalue weighted by Crippen LogP contribution is 2.23. The van der Waals surface area contributed by atoms with Gasteiger partial charge in [0.15, 0.2) is 0 Å². The molecule has 1 unspecified atom stereocenters. The van der Waals surface area contributed by atoms with Gasteiger partial charge >= 0.3 is 6.18 Å². The van der Waals surface area contributed by atoms with Gasteiger partial charge in [0, 0.05) is 6.04 Å². The summed E-state index contributed by atoms with van der Waals surface area (Å²) in [7, 11) is 1.62. The zero-order valence-corrected chi connectivity index (χ0v) is 13.2. The van der Waals surface area contributed by atoms with Crippen molar-refractivity contribution < 1.29 is 13.2 Å². The molecule has 1 atom stereocenters. The van der Waals surface area contributed by atoms with E-state index in [9.17, 15) is 13.2 Å². The average Bonchev–Trinajstić information content (AvgIpc) is 2.38. The molecule has 0 aliphatic carbocycles. The summed E-state index contributed by atoms with van der Waals surface area (Å²) in [5.74, 6) is 0. The van der Waals surface area contributed by atoms with Crippen LogP contribution < -0.4 is 5.32 Å². The Balaban J connectivity index is 3.33. The third kappa shape index (κ3) is 14.2. The van der Waals surface area contributed by atoms with Crippen LogP contribution in [0.15, 0.2) is 0 Å². The van der Waals surface area contributed by atoms with Gasteiger partial charge < -0.3 is 5.32 Å². The Kier molecular flexibility index (Phi) is 12.3. The number of hydrogen-bond donors (Lipinski definition) is 1. The third-order valence-electron chi connectivity index (χ3n) is 3.79. The van der Waals surface area contributed by atoms with Crippen LogP contribution in [0.1, 0.15) is 84.0 Å². The molecule has 1 nitrogen and oxygen atoms in total. The summed E-state index contributed by atoms with van der Waals surface area (Å²) in [6, 6.07) is -0.413. The van der Waals surface area contributed by atoms with Crippen LogP contribution in [0.25, 0.3) is 0 Å². The van der Waals surface area contributed by atoms with Gasteiger partial charge in [-0.15, -0.1) is 0 Å². The van der Waals surface area contributed by atoms with Crippen molar-refractivity contribution in [1.29, 1.82) is 0 Å². The molecule has 0 fully saturated rings. The summed E-state index contributed by atoms with van der Waals surface area (Å²) < 4.78 is 36.8. The van der Waals surface area contributed by atoms with Crippen LogP contribution >= 0.6 is 0 Å². The van der Waals surface area contributed by atoms with Crippen molar-refractivity contribution in [1.82, 2.24) is 5.32 Å². The van der Waals surface area contributed by atoms with E-state index in [4.69, 9.17) is 0 Å². The first-order valence-electron chi connectivity index (χ1n) is 8.23. The fraction of sp³-hybridized carbons (Fsp3) is 1.00. The Bertz CT molecular complexity index is 204. The van der Waals surface area contributed by atoms with Crippen LogP contribution in [0.4, 0.5) is 13.2 Å². The SMILES string of the molecule is CCCCCCCCCCCCC(CC(F)(F)F)NC. The standard InChI is InChI=1S/C16H32F3N/c1-3-4-5-6-7-8-9-10-11-12-13-15(20-2)14-16(17,18)19/h15,20H,3-14H2,1-2H3. The molecule has 0 aliphatic heterocycles. The van der Waals surface area contributed by atoms with Gasteiger partial charge in [-0.25, -0.2) is 0 Å². The van der Waals surface area contributed by atoms with E-state index in [-0.39, 0.29) is 0 Å². The minimum atomic E-state index is -4.05. The van der Waals surface area contributed by atoms with Crippen LogP contribution in [0.2, 0.25) is 0 Å². The number of halogens is 3. The number of nitrogens with one attached hydrogen (secondary N) is 1. The van der Waals surface area contributed by atoms with Crippen molar-refractivity contribution in [2.75, 3.05) is 7.05 Å². The quantitative estimate of drug-likeness (QED) is 0.421. The number of alkyl halides is 3. The van der Waals surface area contributed by atoms with Crippen LogP contribution in [0.5, 0.6) is 0 Å². The fourth-order valence-electron chi connectivity index (χ4n) is 2.51. The normalized spacial score (nSPS) is 13.7. The molecule has 0 aromatic heterocycles. The van der Waals surface area contributed by atoms with Gasteiger partial charge in [-0.1, -0.05) is 71.1 Å². The lowest BCUT2D eigenvalue weighted by molar-refractivity contribution is -0.140. The second-order valence-corrected chi connectivity index (χ2v) is 5.78. The van der Waals surface area contributed by atoms with Crippen LogP contribution in [-0.4, -0.2) is 19.3 Å². The first-order chi connectivity index (χ1) is 9.49. The lowest BCUT2D eigenvalue weighted by Gasteiger charge is -2.17. The highest BCUT2D eigenvalue weighted by Gasteiger charge is 2.30. The number of unbranched alkanes of at least 4 members (excludes halogenated alkanes) is 9. The summed E-state index contributed by atoms with van der Waals surface area (Å²) in [5, 5.41) is 2.77. The van der Waals surface area contributed by atoms with Crippen molar-refractivity contribution in [3.05, 3.63) is 0 Å². The van der Waals surface area contributed by atoms with Crippen molar-refractivity contribution in [3.8, 4) is 0 Å². The van der Waals surface area contributed by atoms with Gasteiger partial charge in [0.05, 0.1) is 6.42 Å². The van der Waals surface area contributed by atoms with Crippen molar-refractivity contribution in [3.63, 3.8) is 0 Å². The number of hydrogen-bond acceptors (Lipinski definition) is 1. The fourth-order valence-corrected chi connectivity index (χ4v) is 2.51. The molecule has 1 N–H and O–H groups in total. The molecule has 0 radical (unpaired) electrons. The minimum absolute atomic E-state index is 0.413. The molecular formula is C16H32F3N. The molecule has 0 bridgehead atoms. The second kappa shape index (κ2) is 12.5. The van der Waals surface area contributed by atoms with Crippen LogP contribution in [0, 0.1) is 0 Å². The first kappa shape index (κ1) is 19.8. The monoisotopic (exact) mass is 295 g/mol. The lowest BCUT2D eigenvalue weighted by atomic mass is 10.0. The molecule has 0 heterocycles. The highest BCUT2D eigenvalue weighted by molar-refractivity contribution is 4.69. The largest absolute Gasteiger partial charge is 0.390 e. The molecule has 0 amide bonds. The maximum absolute atomic E-state index is 12.3. The molecule has 0 spiro atoms. The van der Waals surface area contributed by atoms with Gasteiger partial charge in [-0.3, -0.25) is 0 Å². The van der Waals surface area contributed by atoms with Crippen molar-refractivity contribution >= 4 is 0 Å². The highest BCUT2D eigenvalue weighted by atomic mass is 19.4. The van der Waals surface area contributed by atoms with Gasteiger partial charge in [0.25, 0.3) is 0 Å². The van der Waals surface area contributed by atoms with Gasteiger partial charge in [-0.05, 0) is 13.5 Å². The Labute approximate surface area is 122 Å². The molecule has 4 heteroatoms. The molecule has 122 valence electrons. The van der Waals surface area contributed by atoms with Crippen molar-refractivity contribution in [2.24, 2.45) is 0 Å². The first-order valence-corrected chi connectivity index (χ1v) is 8.23. The van der Waals surface area contributed by atoms with Crippen molar-refractivity contribution in [2.45, 2.75) is 96.2 Å². The maximum Gasteiger partial charge on any atom is 0.390 e. The van der Waals surface area contributed by atoms with Gasteiger partial charge in [0.1, 0.15) is 0 Å². The second-order valence-electron chi connectivity index (χ2n) is 5.78. The summed E-state index contributed by atoms with van der Waals surface area (Å²) in [6.07, 6.45) is 8.12. The number of rotatable bonds is 13. The van der Waals surface area contributed by atoms with Gasteiger partial charge in [0.2, 0.25) is 0 Å². The van der Waals surface area contributed by atoms with Crippen LogP contribution in [0.3, 0.4) is 0 Å². The maximum atomic E-state index is 12.3. The zero-order valence-electron chi connectivity index (χ0n) is 13.2. The zero-order chi connectivity index (χ0) is 15.3.